The van der Waals surface area contributed by atoms with Gasteiger partial charge >= 0.3 is 0 Å². The van der Waals surface area contributed by atoms with Gasteiger partial charge in [-0.05, 0) is 34.4 Å². The summed E-state index contributed by atoms with van der Waals surface area (Å²) < 4.78 is 5.61. The summed E-state index contributed by atoms with van der Waals surface area (Å²) >= 11 is 6.76. The quantitative estimate of drug-likeness (QED) is 0.386. The summed E-state index contributed by atoms with van der Waals surface area (Å²) in [5.41, 5.74) is 5.04. The topological polar surface area (TPSA) is 49.8 Å². The number of amides is 1. The van der Waals surface area contributed by atoms with Crippen LogP contribution in [0.25, 0.3) is 0 Å². The number of benzene rings is 4. The van der Waals surface area contributed by atoms with E-state index in [0.717, 1.165) is 28.7 Å². The van der Waals surface area contributed by atoms with Crippen molar-refractivity contribution < 1.29 is 14.6 Å². The highest BCUT2D eigenvalue weighted by Crippen LogP contribution is 2.51. The molecule has 34 heavy (non-hydrogen) atoms. The van der Waals surface area contributed by atoms with E-state index < -0.39 is 5.92 Å². The SMILES string of the molecule is O=C1C(c2cc3c(cc2O)OCC3)c2cccc(Cl)c2N1C(c1ccccc1)c1ccccc1. The van der Waals surface area contributed by atoms with Crippen molar-refractivity contribution in [2.45, 2.75) is 18.4 Å². The molecule has 2 aliphatic heterocycles. The van der Waals surface area contributed by atoms with Crippen LogP contribution in [0.3, 0.4) is 0 Å². The number of ether oxygens (including phenoxy) is 1. The predicted octanol–water partition coefficient (Wildman–Crippen LogP) is 6.25. The predicted molar refractivity (Wildman–Crippen MR) is 133 cm³/mol. The number of carbonyl (C=O) groups is 1. The largest absolute Gasteiger partial charge is 0.507 e. The van der Waals surface area contributed by atoms with E-state index in [-0.39, 0.29) is 17.7 Å². The first kappa shape index (κ1) is 20.8. The van der Waals surface area contributed by atoms with Gasteiger partial charge in [-0.1, -0.05) is 84.4 Å². The number of nitrogens with zero attached hydrogens (tertiary/aromatic N) is 1. The van der Waals surface area contributed by atoms with Gasteiger partial charge in [0.05, 0.1) is 29.3 Å². The fourth-order valence-corrected chi connectivity index (χ4v) is 5.46. The van der Waals surface area contributed by atoms with Gasteiger partial charge in [0.2, 0.25) is 5.91 Å². The molecular weight excluding hydrogens is 446 g/mol. The van der Waals surface area contributed by atoms with E-state index in [2.05, 4.69) is 0 Å². The van der Waals surface area contributed by atoms with E-state index in [1.54, 1.807) is 11.0 Å². The Morgan fingerprint density at radius 3 is 2.24 bits per heavy atom. The van der Waals surface area contributed by atoms with Crippen molar-refractivity contribution in [1.82, 2.24) is 0 Å². The standard InChI is InChI=1S/C29H22ClNO3/c30-23-13-7-12-21-26(22-16-20-14-15-34-25(20)17-24(22)32)29(33)31(28(21)23)27(18-8-3-1-4-9-18)19-10-5-2-6-11-19/h1-13,16-17,26-27,32H,14-15H2. The second-order valence-electron chi connectivity index (χ2n) is 8.66. The Morgan fingerprint density at radius 1 is 0.882 bits per heavy atom. The lowest BCUT2D eigenvalue weighted by atomic mass is 9.90. The van der Waals surface area contributed by atoms with Gasteiger partial charge < -0.3 is 9.84 Å². The third-order valence-electron chi connectivity index (χ3n) is 6.69. The van der Waals surface area contributed by atoms with E-state index >= 15 is 0 Å². The van der Waals surface area contributed by atoms with Gasteiger partial charge in [-0.2, -0.15) is 0 Å². The van der Waals surface area contributed by atoms with Gasteiger partial charge in [-0.15, -0.1) is 0 Å². The normalized spacial score (nSPS) is 16.5. The van der Waals surface area contributed by atoms with Gasteiger partial charge in [-0.3, -0.25) is 9.69 Å². The molecule has 2 aliphatic rings. The molecule has 0 fully saturated rings. The summed E-state index contributed by atoms with van der Waals surface area (Å²) in [4.78, 5) is 16.1. The molecule has 4 nitrogen and oxygen atoms in total. The van der Waals surface area contributed by atoms with Crippen molar-refractivity contribution in [3.8, 4) is 11.5 Å². The first-order valence-electron chi connectivity index (χ1n) is 11.3. The molecule has 6 rings (SSSR count). The Kier molecular flexibility index (Phi) is 5.04. The summed E-state index contributed by atoms with van der Waals surface area (Å²) in [7, 11) is 0. The van der Waals surface area contributed by atoms with Gasteiger partial charge in [0.1, 0.15) is 11.5 Å². The van der Waals surface area contributed by atoms with Crippen LogP contribution in [0, 0.1) is 0 Å². The minimum Gasteiger partial charge on any atom is -0.507 e. The van der Waals surface area contributed by atoms with Gasteiger partial charge in [0.25, 0.3) is 0 Å². The van der Waals surface area contributed by atoms with Crippen molar-refractivity contribution in [2.75, 3.05) is 11.5 Å². The highest BCUT2D eigenvalue weighted by molar-refractivity contribution is 6.35. The van der Waals surface area contributed by atoms with Crippen LogP contribution in [0.4, 0.5) is 5.69 Å². The number of para-hydroxylation sites is 1. The molecule has 0 saturated carbocycles. The molecule has 4 aromatic rings. The minimum atomic E-state index is -0.658. The number of rotatable bonds is 4. The maximum atomic E-state index is 14.3. The lowest BCUT2D eigenvalue weighted by Crippen LogP contribution is -2.34. The molecule has 168 valence electrons. The number of hydrogen-bond acceptors (Lipinski definition) is 3. The molecule has 5 heteroatoms. The zero-order chi connectivity index (χ0) is 23.2. The molecule has 0 bridgehead atoms. The highest BCUT2D eigenvalue weighted by Gasteiger charge is 2.45. The molecule has 4 aromatic carbocycles. The van der Waals surface area contributed by atoms with Crippen LogP contribution in [-0.4, -0.2) is 17.6 Å². The third kappa shape index (κ3) is 3.25. The van der Waals surface area contributed by atoms with E-state index in [4.69, 9.17) is 16.3 Å². The number of aromatic hydroxyl groups is 1. The lowest BCUT2D eigenvalue weighted by Gasteiger charge is -2.30. The van der Waals surface area contributed by atoms with Crippen LogP contribution in [0.1, 0.15) is 39.8 Å². The smallest absolute Gasteiger partial charge is 0.240 e. The molecule has 0 radical (unpaired) electrons. The van der Waals surface area contributed by atoms with Crippen molar-refractivity contribution in [2.24, 2.45) is 0 Å². The van der Waals surface area contributed by atoms with Crippen LogP contribution in [0.15, 0.2) is 91.0 Å². The number of fused-ring (bicyclic) bond motifs is 2. The summed E-state index contributed by atoms with van der Waals surface area (Å²) in [5, 5.41) is 11.4. The van der Waals surface area contributed by atoms with Gasteiger partial charge in [-0.25, -0.2) is 0 Å². The first-order chi connectivity index (χ1) is 16.6. The maximum Gasteiger partial charge on any atom is 0.240 e. The molecule has 1 N–H and O–H groups in total. The van der Waals surface area contributed by atoms with Crippen molar-refractivity contribution in [1.29, 1.82) is 0 Å². The number of carbonyl (C=O) groups excluding carboxylic acids is 1. The van der Waals surface area contributed by atoms with E-state index in [1.165, 1.54) is 0 Å². The van der Waals surface area contributed by atoms with Crippen molar-refractivity contribution in [3.63, 3.8) is 0 Å². The fourth-order valence-electron chi connectivity index (χ4n) is 5.18. The zero-order valence-electron chi connectivity index (χ0n) is 18.3. The molecule has 1 unspecified atom stereocenters. The first-order valence-corrected chi connectivity index (χ1v) is 11.7. The van der Waals surface area contributed by atoms with E-state index in [9.17, 15) is 9.90 Å². The van der Waals surface area contributed by atoms with Crippen molar-refractivity contribution in [3.05, 3.63) is 124 Å². The molecule has 0 saturated heterocycles. The van der Waals surface area contributed by atoms with Gasteiger partial charge in [0, 0.05) is 18.1 Å². The Hall–Kier alpha value is -3.76. The summed E-state index contributed by atoms with van der Waals surface area (Å²) in [5.74, 6) is -0.0337. The Balaban J connectivity index is 1.56. The number of hydrogen-bond donors (Lipinski definition) is 1. The van der Waals surface area contributed by atoms with E-state index in [0.29, 0.717) is 28.6 Å². The highest BCUT2D eigenvalue weighted by atomic mass is 35.5. The minimum absolute atomic E-state index is 0.0581. The Labute approximate surface area is 203 Å². The van der Waals surface area contributed by atoms with Crippen LogP contribution in [-0.2, 0) is 11.2 Å². The molecule has 1 amide bonds. The molecule has 0 spiro atoms. The third-order valence-corrected chi connectivity index (χ3v) is 7.00. The Bertz CT molecular complexity index is 1350. The second-order valence-corrected chi connectivity index (χ2v) is 9.07. The van der Waals surface area contributed by atoms with E-state index in [1.807, 2.05) is 84.9 Å². The van der Waals surface area contributed by atoms with Gasteiger partial charge in [0.15, 0.2) is 0 Å². The zero-order valence-corrected chi connectivity index (χ0v) is 19.1. The van der Waals surface area contributed by atoms with Crippen LogP contribution >= 0.6 is 11.6 Å². The number of phenols is 1. The Morgan fingerprint density at radius 2 is 1.56 bits per heavy atom. The van der Waals surface area contributed by atoms with Crippen LogP contribution < -0.4 is 9.64 Å². The summed E-state index contributed by atoms with van der Waals surface area (Å²) in [6.07, 6.45) is 0.756. The fraction of sp³-hybridized carbons (Fsp3) is 0.138. The molecule has 1 atom stereocenters. The lowest BCUT2D eigenvalue weighted by molar-refractivity contribution is -0.118. The molecule has 0 aliphatic carbocycles. The van der Waals surface area contributed by atoms with Crippen molar-refractivity contribution >= 4 is 23.2 Å². The van der Waals surface area contributed by atoms with Crippen LogP contribution in [0.5, 0.6) is 11.5 Å². The monoisotopic (exact) mass is 467 g/mol. The maximum absolute atomic E-state index is 14.3. The number of anilines is 1. The summed E-state index contributed by atoms with van der Waals surface area (Å²) in [6.45, 7) is 0.579. The molecular formula is C29H22ClNO3. The van der Waals surface area contributed by atoms with Crippen LogP contribution in [0.2, 0.25) is 5.02 Å². The number of phenolic OH excluding ortho intramolecular Hbond substituents is 1. The molecule has 2 heterocycles. The second kappa shape index (κ2) is 8.23. The average Bonchev–Trinajstić information content (AvgIpc) is 3.42. The number of halogens is 1. The average molecular weight is 468 g/mol. The summed E-state index contributed by atoms with van der Waals surface area (Å²) in [6, 6.07) is 28.7. The molecule has 0 aromatic heterocycles.